The van der Waals surface area contributed by atoms with Crippen molar-refractivity contribution in [3.05, 3.63) is 41.4 Å². The minimum atomic E-state index is -0.515. The number of nitrogens with zero attached hydrogens (tertiary/aromatic N) is 3. The van der Waals surface area contributed by atoms with Crippen molar-refractivity contribution in [1.82, 2.24) is 14.8 Å². The number of rotatable bonds is 7. The lowest BCUT2D eigenvalue weighted by Crippen LogP contribution is -2.30. The standard InChI is InChI=1S/C18H22N4O5/c1-11-15(17(23)27-8-7-24-2)16(22-18(21-11)19-10-20-22)12-5-6-13(25-3)14(9-12)26-4/h5-6,9-10,16H,7-8H2,1-4H3,(H,19,20,21). The molecule has 1 unspecified atom stereocenters. The van der Waals surface area contributed by atoms with Gasteiger partial charge in [0.15, 0.2) is 11.5 Å². The van der Waals surface area contributed by atoms with E-state index in [1.165, 1.54) is 6.33 Å². The van der Waals surface area contributed by atoms with E-state index in [-0.39, 0.29) is 6.61 Å². The second-order valence-corrected chi connectivity index (χ2v) is 5.84. The van der Waals surface area contributed by atoms with Crippen LogP contribution in [0, 0.1) is 0 Å². The molecule has 0 spiro atoms. The van der Waals surface area contributed by atoms with E-state index in [1.807, 2.05) is 12.1 Å². The summed E-state index contributed by atoms with van der Waals surface area (Å²) in [4.78, 5) is 17.0. The Morgan fingerprint density at radius 1 is 1.19 bits per heavy atom. The van der Waals surface area contributed by atoms with Gasteiger partial charge in [0.1, 0.15) is 19.0 Å². The van der Waals surface area contributed by atoms with Crippen LogP contribution in [0.1, 0.15) is 18.5 Å². The Morgan fingerprint density at radius 2 is 1.96 bits per heavy atom. The molecule has 0 bridgehead atoms. The molecule has 0 amide bonds. The van der Waals surface area contributed by atoms with E-state index in [0.717, 1.165) is 5.56 Å². The van der Waals surface area contributed by atoms with Gasteiger partial charge < -0.3 is 24.3 Å². The summed E-state index contributed by atoms with van der Waals surface area (Å²) in [6.07, 6.45) is 1.43. The minimum Gasteiger partial charge on any atom is -0.493 e. The molecule has 0 fully saturated rings. The Bertz CT molecular complexity index is 861. The van der Waals surface area contributed by atoms with Gasteiger partial charge in [-0.3, -0.25) is 0 Å². The molecular weight excluding hydrogens is 352 g/mol. The van der Waals surface area contributed by atoms with E-state index >= 15 is 0 Å². The molecule has 2 heterocycles. The van der Waals surface area contributed by atoms with Crippen molar-refractivity contribution in [1.29, 1.82) is 0 Å². The second kappa shape index (κ2) is 8.09. The van der Waals surface area contributed by atoms with Crippen molar-refractivity contribution in [2.24, 2.45) is 0 Å². The number of carbonyl (C=O) groups excluding carboxylic acids is 1. The van der Waals surface area contributed by atoms with E-state index in [9.17, 15) is 4.79 Å². The highest BCUT2D eigenvalue weighted by molar-refractivity contribution is 5.92. The lowest BCUT2D eigenvalue weighted by atomic mass is 9.95. The molecule has 144 valence electrons. The smallest absolute Gasteiger partial charge is 0.338 e. The zero-order valence-electron chi connectivity index (χ0n) is 15.7. The van der Waals surface area contributed by atoms with Crippen molar-refractivity contribution in [3.8, 4) is 11.5 Å². The van der Waals surface area contributed by atoms with Gasteiger partial charge in [-0.25, -0.2) is 9.48 Å². The Hall–Kier alpha value is -3.07. The molecule has 3 rings (SSSR count). The molecule has 0 aliphatic carbocycles. The van der Waals surface area contributed by atoms with Gasteiger partial charge in [0.25, 0.3) is 0 Å². The van der Waals surface area contributed by atoms with Crippen LogP contribution in [0.25, 0.3) is 0 Å². The van der Waals surface area contributed by atoms with Crippen LogP contribution in [-0.4, -0.2) is 55.3 Å². The molecule has 2 aromatic rings. The Balaban J connectivity index is 2.05. The quantitative estimate of drug-likeness (QED) is 0.579. The van der Waals surface area contributed by atoms with Gasteiger partial charge in [0, 0.05) is 12.8 Å². The number of esters is 1. The molecular formula is C18H22N4O5. The topological polar surface area (TPSA) is 96.7 Å². The number of hydrogen-bond acceptors (Lipinski definition) is 8. The fourth-order valence-corrected chi connectivity index (χ4v) is 2.98. The van der Waals surface area contributed by atoms with Crippen molar-refractivity contribution in [2.75, 3.05) is 39.9 Å². The number of fused-ring (bicyclic) bond motifs is 1. The van der Waals surface area contributed by atoms with Crippen LogP contribution >= 0.6 is 0 Å². The summed E-state index contributed by atoms with van der Waals surface area (Å²) >= 11 is 0. The van der Waals surface area contributed by atoms with Crippen LogP contribution in [-0.2, 0) is 14.3 Å². The average Bonchev–Trinajstić information content (AvgIpc) is 3.14. The number of aromatic nitrogens is 3. The van der Waals surface area contributed by atoms with Gasteiger partial charge in [0.05, 0.1) is 26.4 Å². The number of carbonyl (C=O) groups is 1. The summed E-state index contributed by atoms with van der Waals surface area (Å²) in [6, 6.07) is 4.95. The van der Waals surface area contributed by atoms with Gasteiger partial charge in [0.2, 0.25) is 5.95 Å². The minimum absolute atomic E-state index is 0.162. The number of hydrogen-bond donors (Lipinski definition) is 1. The van der Waals surface area contributed by atoms with Gasteiger partial charge in [-0.2, -0.15) is 10.1 Å². The van der Waals surface area contributed by atoms with E-state index in [0.29, 0.717) is 35.3 Å². The van der Waals surface area contributed by atoms with Crippen LogP contribution in [0.2, 0.25) is 0 Å². The van der Waals surface area contributed by atoms with Crippen molar-refractivity contribution in [3.63, 3.8) is 0 Å². The molecule has 0 radical (unpaired) electrons. The van der Waals surface area contributed by atoms with Crippen LogP contribution in [0.4, 0.5) is 5.95 Å². The van der Waals surface area contributed by atoms with E-state index in [2.05, 4.69) is 15.4 Å². The number of nitrogens with one attached hydrogen (secondary N) is 1. The molecule has 9 heteroatoms. The van der Waals surface area contributed by atoms with Crippen molar-refractivity contribution in [2.45, 2.75) is 13.0 Å². The van der Waals surface area contributed by atoms with Gasteiger partial charge >= 0.3 is 5.97 Å². The summed E-state index contributed by atoms with van der Waals surface area (Å²) in [7, 11) is 4.68. The molecule has 0 saturated heterocycles. The summed E-state index contributed by atoms with van der Waals surface area (Å²) in [5.74, 6) is 1.25. The third kappa shape index (κ3) is 3.59. The number of anilines is 1. The third-order valence-electron chi connectivity index (χ3n) is 4.26. The number of benzene rings is 1. The summed E-state index contributed by atoms with van der Waals surface area (Å²) in [5.41, 5.74) is 1.88. The number of allylic oxidation sites excluding steroid dienone is 1. The fourth-order valence-electron chi connectivity index (χ4n) is 2.98. The van der Waals surface area contributed by atoms with Crippen LogP contribution in [0.5, 0.6) is 11.5 Å². The van der Waals surface area contributed by atoms with Gasteiger partial charge in [-0.1, -0.05) is 6.07 Å². The van der Waals surface area contributed by atoms with Crippen LogP contribution in [0.3, 0.4) is 0 Å². The summed E-state index contributed by atoms with van der Waals surface area (Å²) < 4.78 is 22.7. The van der Waals surface area contributed by atoms with E-state index < -0.39 is 12.0 Å². The van der Waals surface area contributed by atoms with Crippen molar-refractivity contribution >= 4 is 11.9 Å². The predicted octanol–water partition coefficient (Wildman–Crippen LogP) is 1.77. The van der Waals surface area contributed by atoms with Crippen LogP contribution in [0.15, 0.2) is 35.8 Å². The molecule has 1 aromatic carbocycles. The Labute approximate surface area is 156 Å². The van der Waals surface area contributed by atoms with Crippen LogP contribution < -0.4 is 14.8 Å². The Kier molecular flexibility index (Phi) is 5.60. The summed E-state index contributed by atoms with van der Waals surface area (Å²) in [6.45, 7) is 2.29. The molecule has 0 saturated carbocycles. The Morgan fingerprint density at radius 3 is 2.67 bits per heavy atom. The highest BCUT2D eigenvalue weighted by atomic mass is 16.6. The highest BCUT2D eigenvalue weighted by Crippen LogP contribution is 2.38. The normalized spacial score (nSPS) is 15.8. The molecule has 1 aliphatic heterocycles. The SMILES string of the molecule is COCCOC(=O)C1=C(C)Nc2ncnn2C1c1ccc(OC)c(OC)c1. The molecule has 9 nitrogen and oxygen atoms in total. The number of methoxy groups -OCH3 is 3. The predicted molar refractivity (Wildman–Crippen MR) is 96.9 cm³/mol. The maximum absolute atomic E-state index is 12.8. The maximum atomic E-state index is 12.8. The molecule has 1 atom stereocenters. The first-order valence-corrected chi connectivity index (χ1v) is 8.36. The first-order valence-electron chi connectivity index (χ1n) is 8.36. The summed E-state index contributed by atoms with van der Waals surface area (Å²) in [5, 5.41) is 7.37. The molecule has 1 N–H and O–H groups in total. The zero-order chi connectivity index (χ0) is 19.4. The first kappa shape index (κ1) is 18.7. The second-order valence-electron chi connectivity index (χ2n) is 5.84. The number of ether oxygens (including phenoxy) is 4. The molecule has 1 aliphatic rings. The zero-order valence-corrected chi connectivity index (χ0v) is 15.7. The monoisotopic (exact) mass is 374 g/mol. The highest BCUT2D eigenvalue weighted by Gasteiger charge is 2.34. The van der Waals surface area contributed by atoms with Gasteiger partial charge in [-0.15, -0.1) is 0 Å². The molecule has 1 aromatic heterocycles. The fraction of sp³-hybridized carbons (Fsp3) is 0.389. The largest absolute Gasteiger partial charge is 0.493 e. The van der Waals surface area contributed by atoms with Crippen molar-refractivity contribution < 1.29 is 23.7 Å². The van der Waals surface area contributed by atoms with E-state index in [1.54, 1.807) is 39.0 Å². The van der Waals surface area contributed by atoms with E-state index in [4.69, 9.17) is 18.9 Å². The lowest BCUT2D eigenvalue weighted by Gasteiger charge is -2.28. The lowest BCUT2D eigenvalue weighted by molar-refractivity contribution is -0.140. The first-order chi connectivity index (χ1) is 13.1. The third-order valence-corrected chi connectivity index (χ3v) is 4.26. The maximum Gasteiger partial charge on any atom is 0.338 e. The van der Waals surface area contributed by atoms with Gasteiger partial charge in [-0.05, 0) is 24.6 Å². The average molecular weight is 374 g/mol. The molecule has 27 heavy (non-hydrogen) atoms.